The second kappa shape index (κ2) is 4.98. The van der Waals surface area contributed by atoms with Crippen LogP contribution in [0.5, 0.6) is 0 Å². The van der Waals surface area contributed by atoms with E-state index in [1.807, 2.05) is 0 Å². The fourth-order valence-corrected chi connectivity index (χ4v) is 1.07. The van der Waals surface area contributed by atoms with E-state index >= 15 is 0 Å². The summed E-state index contributed by atoms with van der Waals surface area (Å²) in [5.41, 5.74) is 2.94. The highest BCUT2D eigenvalue weighted by atomic mass is 35.5. The van der Waals surface area contributed by atoms with Crippen molar-refractivity contribution in [3.63, 3.8) is 0 Å². The molecule has 0 bridgehead atoms. The van der Waals surface area contributed by atoms with E-state index in [-0.39, 0.29) is 11.1 Å². The van der Waals surface area contributed by atoms with Gasteiger partial charge in [-0.1, -0.05) is 35.3 Å². The SMILES string of the molecule is CC(=O)N/N=C(\Cl)c1ccc(Cl)cc1. The Kier molecular flexibility index (Phi) is 3.92. The first-order valence-corrected chi connectivity index (χ1v) is 4.61. The zero-order chi connectivity index (χ0) is 10.6. The highest BCUT2D eigenvalue weighted by molar-refractivity contribution is 6.69. The molecule has 0 saturated heterocycles. The molecule has 1 N–H and O–H groups in total. The average molecular weight is 231 g/mol. The first-order chi connectivity index (χ1) is 6.59. The van der Waals surface area contributed by atoms with E-state index in [9.17, 15) is 4.79 Å². The van der Waals surface area contributed by atoms with Crippen LogP contribution in [0, 0.1) is 0 Å². The van der Waals surface area contributed by atoms with Crippen molar-refractivity contribution in [1.29, 1.82) is 0 Å². The number of hydrogen-bond donors (Lipinski definition) is 1. The molecule has 0 aliphatic carbocycles. The molecule has 0 atom stereocenters. The minimum absolute atomic E-state index is 0.219. The highest BCUT2D eigenvalue weighted by Gasteiger charge is 1.99. The van der Waals surface area contributed by atoms with E-state index in [2.05, 4.69) is 10.5 Å². The third-order valence-electron chi connectivity index (χ3n) is 1.39. The van der Waals surface area contributed by atoms with E-state index < -0.39 is 0 Å². The summed E-state index contributed by atoms with van der Waals surface area (Å²) >= 11 is 11.5. The van der Waals surface area contributed by atoms with Gasteiger partial charge in [0.1, 0.15) is 0 Å². The molecule has 74 valence electrons. The van der Waals surface area contributed by atoms with Crippen LogP contribution >= 0.6 is 23.2 Å². The third kappa shape index (κ3) is 3.36. The molecule has 1 aromatic rings. The molecule has 1 rings (SSSR count). The van der Waals surface area contributed by atoms with E-state index in [4.69, 9.17) is 23.2 Å². The Morgan fingerprint density at radius 1 is 1.36 bits per heavy atom. The number of amides is 1. The van der Waals surface area contributed by atoms with Gasteiger partial charge in [0.15, 0.2) is 5.17 Å². The smallest absolute Gasteiger partial charge is 0.236 e. The van der Waals surface area contributed by atoms with Crippen molar-refractivity contribution in [2.45, 2.75) is 6.92 Å². The van der Waals surface area contributed by atoms with Gasteiger partial charge in [-0.05, 0) is 12.1 Å². The van der Waals surface area contributed by atoms with Gasteiger partial charge in [-0.15, -0.1) is 0 Å². The quantitative estimate of drug-likeness (QED) is 0.616. The van der Waals surface area contributed by atoms with E-state index in [0.29, 0.717) is 10.6 Å². The minimum Gasteiger partial charge on any atom is -0.274 e. The van der Waals surface area contributed by atoms with Crippen LogP contribution in [-0.4, -0.2) is 11.1 Å². The minimum atomic E-state index is -0.267. The van der Waals surface area contributed by atoms with Gasteiger partial charge in [0.25, 0.3) is 0 Å². The summed E-state index contributed by atoms with van der Waals surface area (Å²) in [7, 11) is 0. The van der Waals surface area contributed by atoms with Crippen molar-refractivity contribution in [2.24, 2.45) is 5.10 Å². The molecule has 0 spiro atoms. The Morgan fingerprint density at radius 2 is 1.93 bits per heavy atom. The summed E-state index contributed by atoms with van der Waals surface area (Å²) in [6.45, 7) is 1.36. The van der Waals surface area contributed by atoms with Crippen molar-refractivity contribution >= 4 is 34.3 Å². The number of hydrazone groups is 1. The van der Waals surface area contributed by atoms with Gasteiger partial charge in [0, 0.05) is 17.5 Å². The molecule has 0 heterocycles. The van der Waals surface area contributed by atoms with E-state index in [1.54, 1.807) is 24.3 Å². The number of rotatable bonds is 2. The number of halogens is 2. The predicted molar refractivity (Wildman–Crippen MR) is 57.7 cm³/mol. The second-order valence-corrected chi connectivity index (χ2v) is 3.37. The molecule has 1 amide bonds. The number of benzene rings is 1. The Balaban J connectivity index is 2.78. The number of carbonyl (C=O) groups excluding carboxylic acids is 1. The maximum Gasteiger partial charge on any atom is 0.236 e. The number of carbonyl (C=O) groups is 1. The van der Waals surface area contributed by atoms with Gasteiger partial charge in [0.2, 0.25) is 5.91 Å². The summed E-state index contributed by atoms with van der Waals surface area (Å²) in [5, 5.41) is 4.51. The lowest BCUT2D eigenvalue weighted by atomic mass is 10.2. The van der Waals surface area contributed by atoms with E-state index in [0.717, 1.165) is 0 Å². The van der Waals surface area contributed by atoms with Gasteiger partial charge in [0.05, 0.1) is 0 Å². The van der Waals surface area contributed by atoms with Crippen LogP contribution in [0.25, 0.3) is 0 Å². The molecule has 5 heteroatoms. The van der Waals surface area contributed by atoms with Gasteiger partial charge in [-0.2, -0.15) is 5.10 Å². The first-order valence-electron chi connectivity index (χ1n) is 3.85. The monoisotopic (exact) mass is 230 g/mol. The third-order valence-corrected chi connectivity index (χ3v) is 1.95. The van der Waals surface area contributed by atoms with Crippen molar-refractivity contribution in [2.75, 3.05) is 0 Å². The highest BCUT2D eigenvalue weighted by Crippen LogP contribution is 2.11. The summed E-state index contributed by atoms with van der Waals surface area (Å²) in [4.78, 5) is 10.5. The average Bonchev–Trinajstić information content (AvgIpc) is 2.15. The normalized spacial score (nSPS) is 11.2. The molecule has 0 saturated carbocycles. The summed E-state index contributed by atoms with van der Waals surface area (Å²) in [6.07, 6.45) is 0. The number of nitrogens with zero attached hydrogens (tertiary/aromatic N) is 1. The molecule has 1 aromatic carbocycles. The molecule has 0 fully saturated rings. The summed E-state index contributed by atoms with van der Waals surface area (Å²) in [6, 6.07) is 6.83. The van der Waals surface area contributed by atoms with Crippen molar-refractivity contribution in [1.82, 2.24) is 5.43 Å². The van der Waals surface area contributed by atoms with E-state index in [1.165, 1.54) is 6.92 Å². The van der Waals surface area contributed by atoms with Crippen LogP contribution in [0.1, 0.15) is 12.5 Å². The van der Waals surface area contributed by atoms with Crippen molar-refractivity contribution in [3.8, 4) is 0 Å². The van der Waals surface area contributed by atoms with Crippen LogP contribution in [0.15, 0.2) is 29.4 Å². The molecule has 0 aliphatic heterocycles. The second-order valence-electron chi connectivity index (χ2n) is 2.58. The van der Waals surface area contributed by atoms with Crippen LogP contribution in [-0.2, 0) is 4.79 Å². The lowest BCUT2D eigenvalue weighted by molar-refractivity contribution is -0.118. The van der Waals surface area contributed by atoms with Crippen LogP contribution < -0.4 is 5.43 Å². The van der Waals surface area contributed by atoms with Crippen molar-refractivity contribution < 1.29 is 4.79 Å². The number of nitrogens with one attached hydrogen (secondary N) is 1. The molecular formula is C9H8Cl2N2O. The topological polar surface area (TPSA) is 41.5 Å². The lowest BCUT2D eigenvalue weighted by Gasteiger charge is -1.98. The van der Waals surface area contributed by atoms with Gasteiger partial charge >= 0.3 is 0 Å². The Morgan fingerprint density at radius 3 is 2.43 bits per heavy atom. The Bertz CT molecular complexity index is 360. The van der Waals surface area contributed by atoms with Crippen molar-refractivity contribution in [3.05, 3.63) is 34.9 Å². The van der Waals surface area contributed by atoms with Gasteiger partial charge < -0.3 is 0 Å². The Hall–Kier alpha value is -1.06. The molecule has 0 unspecified atom stereocenters. The summed E-state index contributed by atoms with van der Waals surface area (Å²) < 4.78 is 0. The predicted octanol–water partition coefficient (Wildman–Crippen LogP) is 2.38. The van der Waals surface area contributed by atoms with Crippen LogP contribution in [0.2, 0.25) is 5.02 Å². The fraction of sp³-hybridized carbons (Fsp3) is 0.111. The molecule has 0 aliphatic rings. The van der Waals surface area contributed by atoms with Crippen LogP contribution in [0.4, 0.5) is 0 Å². The number of hydrogen-bond acceptors (Lipinski definition) is 2. The van der Waals surface area contributed by atoms with Crippen LogP contribution in [0.3, 0.4) is 0 Å². The molecule has 0 aromatic heterocycles. The maximum atomic E-state index is 10.5. The standard InChI is InChI=1S/C9H8Cl2N2O/c1-6(14)12-13-9(11)7-2-4-8(10)5-3-7/h2-5H,1H3,(H,12,14)/b13-9-. The summed E-state index contributed by atoms with van der Waals surface area (Å²) in [5.74, 6) is -0.267. The molecule has 14 heavy (non-hydrogen) atoms. The largest absolute Gasteiger partial charge is 0.274 e. The molecule has 0 radical (unpaired) electrons. The fourth-order valence-electron chi connectivity index (χ4n) is 0.780. The van der Waals surface area contributed by atoms with Gasteiger partial charge in [-0.25, -0.2) is 5.43 Å². The zero-order valence-corrected chi connectivity index (χ0v) is 8.93. The molecule has 3 nitrogen and oxygen atoms in total. The maximum absolute atomic E-state index is 10.5. The molecular weight excluding hydrogens is 223 g/mol. The Labute approximate surface area is 91.7 Å². The first kappa shape index (κ1) is 11.0. The zero-order valence-electron chi connectivity index (χ0n) is 7.42. The van der Waals surface area contributed by atoms with Gasteiger partial charge in [-0.3, -0.25) is 4.79 Å². The lowest BCUT2D eigenvalue weighted by Crippen LogP contribution is -2.14.